The van der Waals surface area contributed by atoms with Crippen LogP contribution in [0, 0.1) is 0 Å². The summed E-state index contributed by atoms with van der Waals surface area (Å²) in [5.74, 6) is 0.0130. The number of hydrogen-bond donors (Lipinski definition) is 2. The highest BCUT2D eigenvalue weighted by Gasteiger charge is 2.15. The summed E-state index contributed by atoms with van der Waals surface area (Å²) in [6, 6.07) is 6.88. The normalized spacial score (nSPS) is 16.8. The van der Waals surface area contributed by atoms with Crippen LogP contribution in [0.3, 0.4) is 0 Å². The van der Waals surface area contributed by atoms with E-state index >= 15 is 0 Å². The number of amides is 1. The molecule has 2 N–H and O–H groups in total. The molecule has 1 amide bonds. The van der Waals surface area contributed by atoms with E-state index in [0.717, 1.165) is 18.5 Å². The third kappa shape index (κ3) is 4.36. The van der Waals surface area contributed by atoms with Crippen molar-refractivity contribution in [2.45, 2.75) is 25.8 Å². The first kappa shape index (κ1) is 15.6. The van der Waals surface area contributed by atoms with E-state index in [2.05, 4.69) is 35.8 Å². The molecule has 1 aromatic rings. The first-order valence-corrected chi connectivity index (χ1v) is 7.46. The van der Waals surface area contributed by atoms with Crippen LogP contribution in [-0.4, -0.2) is 45.8 Å². The van der Waals surface area contributed by atoms with E-state index in [0.29, 0.717) is 25.7 Å². The van der Waals surface area contributed by atoms with E-state index in [1.807, 2.05) is 11.9 Å². The lowest BCUT2D eigenvalue weighted by atomic mass is 9.98. The van der Waals surface area contributed by atoms with Crippen LogP contribution in [0.5, 0.6) is 0 Å². The number of ether oxygens (including phenoxy) is 1. The number of fused-ring (bicyclic) bond motifs is 1. The van der Waals surface area contributed by atoms with E-state index in [4.69, 9.17) is 4.74 Å². The van der Waals surface area contributed by atoms with Crippen LogP contribution in [-0.2, 0) is 16.0 Å². The fraction of sp³-hybridized carbons (Fsp3) is 0.562. The number of aryl methyl sites for hydroxylation is 1. The first-order valence-electron chi connectivity index (χ1n) is 7.46. The summed E-state index contributed by atoms with van der Waals surface area (Å²) < 4.78 is 4.92. The number of nitrogens with zero attached hydrogens (tertiary/aromatic N) is 1. The fourth-order valence-corrected chi connectivity index (χ4v) is 2.53. The van der Waals surface area contributed by atoms with Crippen molar-refractivity contribution in [2.75, 3.05) is 44.1 Å². The quantitative estimate of drug-likeness (QED) is 0.782. The molecular formula is C16H25N3O2. The molecular weight excluding hydrogens is 266 g/mol. The van der Waals surface area contributed by atoms with E-state index in [9.17, 15) is 4.79 Å². The summed E-state index contributed by atoms with van der Waals surface area (Å²) in [5.41, 5.74) is 3.62. The number of nitrogens with one attached hydrogen (secondary N) is 2. The third-order valence-corrected chi connectivity index (χ3v) is 3.79. The van der Waals surface area contributed by atoms with Crippen molar-refractivity contribution >= 4 is 17.3 Å². The third-order valence-electron chi connectivity index (χ3n) is 3.79. The smallest absolute Gasteiger partial charge is 0.239 e. The van der Waals surface area contributed by atoms with Gasteiger partial charge < -0.3 is 20.3 Å². The lowest BCUT2D eigenvalue weighted by Crippen LogP contribution is -2.36. The zero-order valence-corrected chi connectivity index (χ0v) is 13.1. The van der Waals surface area contributed by atoms with E-state index in [1.54, 1.807) is 7.11 Å². The number of hydrogen-bond acceptors (Lipinski definition) is 4. The van der Waals surface area contributed by atoms with Crippen molar-refractivity contribution in [1.82, 2.24) is 5.32 Å². The summed E-state index contributed by atoms with van der Waals surface area (Å²) in [6.07, 6.45) is 2.24. The molecule has 1 unspecified atom stereocenters. The number of methoxy groups -OCH3 is 1. The zero-order chi connectivity index (χ0) is 15.2. The minimum Gasteiger partial charge on any atom is -0.383 e. The number of carbonyl (C=O) groups excluding carboxylic acids is 1. The van der Waals surface area contributed by atoms with Gasteiger partial charge >= 0.3 is 0 Å². The Bertz CT molecular complexity index is 490. The average molecular weight is 291 g/mol. The Morgan fingerprint density at radius 3 is 3.10 bits per heavy atom. The summed E-state index contributed by atoms with van der Waals surface area (Å²) in [4.78, 5) is 13.8. The van der Waals surface area contributed by atoms with Gasteiger partial charge in [0.1, 0.15) is 0 Å². The monoisotopic (exact) mass is 291 g/mol. The first-order chi connectivity index (χ1) is 10.1. The van der Waals surface area contributed by atoms with Crippen LogP contribution < -0.4 is 15.5 Å². The van der Waals surface area contributed by atoms with Crippen molar-refractivity contribution in [3.05, 3.63) is 23.8 Å². The number of anilines is 2. The van der Waals surface area contributed by atoms with Gasteiger partial charge in [0.05, 0.1) is 13.2 Å². The molecule has 1 aromatic carbocycles. The highest BCUT2D eigenvalue weighted by Crippen LogP contribution is 2.28. The minimum absolute atomic E-state index is 0.0130. The van der Waals surface area contributed by atoms with Gasteiger partial charge in [-0.25, -0.2) is 0 Å². The molecule has 0 fully saturated rings. The van der Waals surface area contributed by atoms with Crippen molar-refractivity contribution in [3.63, 3.8) is 0 Å². The average Bonchev–Trinajstić information content (AvgIpc) is 2.46. The SMILES string of the molecule is COCCNC(=O)CN(C)c1ccc2c(c1)CCC(C)N2. The topological polar surface area (TPSA) is 53.6 Å². The van der Waals surface area contributed by atoms with Gasteiger partial charge in [-0.2, -0.15) is 0 Å². The van der Waals surface area contributed by atoms with Crippen molar-refractivity contribution < 1.29 is 9.53 Å². The van der Waals surface area contributed by atoms with Gasteiger partial charge in [-0.15, -0.1) is 0 Å². The molecule has 1 aliphatic heterocycles. The van der Waals surface area contributed by atoms with E-state index in [-0.39, 0.29) is 5.91 Å². The van der Waals surface area contributed by atoms with E-state index in [1.165, 1.54) is 11.3 Å². The van der Waals surface area contributed by atoms with Gasteiger partial charge in [-0.05, 0) is 43.5 Å². The fourth-order valence-electron chi connectivity index (χ4n) is 2.53. The largest absolute Gasteiger partial charge is 0.383 e. The maximum Gasteiger partial charge on any atom is 0.239 e. The molecule has 0 aliphatic carbocycles. The van der Waals surface area contributed by atoms with Crippen LogP contribution in [0.1, 0.15) is 18.9 Å². The zero-order valence-electron chi connectivity index (χ0n) is 13.1. The molecule has 5 nitrogen and oxygen atoms in total. The number of carbonyl (C=O) groups is 1. The Hall–Kier alpha value is -1.75. The van der Waals surface area contributed by atoms with Crippen LogP contribution >= 0.6 is 0 Å². The van der Waals surface area contributed by atoms with Gasteiger partial charge in [-0.1, -0.05) is 0 Å². The predicted octanol–water partition coefficient (Wildman–Crippen LogP) is 1.63. The maximum atomic E-state index is 11.8. The Kier molecular flexibility index (Phi) is 5.44. The Morgan fingerprint density at radius 2 is 2.33 bits per heavy atom. The number of benzene rings is 1. The molecule has 0 radical (unpaired) electrons. The van der Waals surface area contributed by atoms with Gasteiger partial charge in [0, 0.05) is 38.1 Å². The Morgan fingerprint density at radius 1 is 1.52 bits per heavy atom. The molecule has 0 spiro atoms. The van der Waals surface area contributed by atoms with Gasteiger partial charge in [-0.3, -0.25) is 4.79 Å². The highest BCUT2D eigenvalue weighted by molar-refractivity contribution is 5.81. The lowest BCUT2D eigenvalue weighted by Gasteiger charge is -2.26. The molecule has 1 aliphatic rings. The summed E-state index contributed by atoms with van der Waals surface area (Å²) in [7, 11) is 3.57. The molecule has 0 aromatic heterocycles. The molecule has 1 atom stereocenters. The molecule has 2 rings (SSSR count). The Labute approximate surface area is 126 Å². The van der Waals surface area contributed by atoms with Crippen molar-refractivity contribution in [2.24, 2.45) is 0 Å². The predicted molar refractivity (Wildman–Crippen MR) is 86.0 cm³/mol. The molecule has 116 valence electrons. The molecule has 1 heterocycles. The maximum absolute atomic E-state index is 11.8. The second-order valence-corrected chi connectivity index (χ2v) is 5.62. The molecule has 0 saturated carbocycles. The molecule has 21 heavy (non-hydrogen) atoms. The van der Waals surface area contributed by atoms with E-state index < -0.39 is 0 Å². The number of likely N-dealkylation sites (N-methyl/N-ethyl adjacent to an activating group) is 1. The van der Waals surface area contributed by atoms with Crippen LogP contribution in [0.15, 0.2) is 18.2 Å². The summed E-state index contributed by atoms with van der Waals surface area (Å²) in [5, 5.41) is 6.32. The van der Waals surface area contributed by atoms with Crippen molar-refractivity contribution in [1.29, 1.82) is 0 Å². The van der Waals surface area contributed by atoms with Crippen LogP contribution in [0.25, 0.3) is 0 Å². The molecule has 0 saturated heterocycles. The molecule has 0 bridgehead atoms. The lowest BCUT2D eigenvalue weighted by molar-refractivity contribution is -0.119. The van der Waals surface area contributed by atoms with Gasteiger partial charge in [0.25, 0.3) is 0 Å². The summed E-state index contributed by atoms with van der Waals surface area (Å²) >= 11 is 0. The second kappa shape index (κ2) is 7.31. The minimum atomic E-state index is 0.0130. The van der Waals surface area contributed by atoms with Crippen LogP contribution in [0.4, 0.5) is 11.4 Å². The Balaban J connectivity index is 1.93. The molecule has 5 heteroatoms. The summed E-state index contributed by atoms with van der Waals surface area (Å²) in [6.45, 7) is 3.65. The van der Waals surface area contributed by atoms with Crippen molar-refractivity contribution in [3.8, 4) is 0 Å². The number of rotatable bonds is 6. The van der Waals surface area contributed by atoms with Crippen LogP contribution in [0.2, 0.25) is 0 Å². The van der Waals surface area contributed by atoms with Gasteiger partial charge in [0.15, 0.2) is 0 Å². The second-order valence-electron chi connectivity index (χ2n) is 5.62. The standard InChI is InChI=1S/C16H25N3O2/c1-12-4-5-13-10-14(6-7-15(13)18-12)19(2)11-16(20)17-8-9-21-3/h6-7,10,12,18H,4-5,8-9,11H2,1-3H3,(H,17,20). The van der Waals surface area contributed by atoms with Gasteiger partial charge in [0.2, 0.25) is 5.91 Å². The highest BCUT2D eigenvalue weighted by atomic mass is 16.5.